The molecule has 0 aliphatic carbocycles. The van der Waals surface area contributed by atoms with E-state index in [4.69, 9.17) is 4.74 Å². The first-order chi connectivity index (χ1) is 11.9. The second kappa shape index (κ2) is 6.48. The van der Waals surface area contributed by atoms with E-state index in [0.29, 0.717) is 0 Å². The van der Waals surface area contributed by atoms with Crippen LogP contribution in [-0.2, 0) is 10.0 Å². The van der Waals surface area contributed by atoms with Crippen LogP contribution in [0.25, 0.3) is 5.65 Å². The third-order valence-electron chi connectivity index (χ3n) is 3.20. The van der Waals surface area contributed by atoms with Gasteiger partial charge < -0.3 is 9.14 Å². The van der Waals surface area contributed by atoms with Gasteiger partial charge in [0, 0.05) is 18.6 Å². The number of ether oxygens (including phenoxy) is 1. The number of imidazole rings is 1. The molecule has 1 amide bonds. The summed E-state index contributed by atoms with van der Waals surface area (Å²) in [6.45, 7) is 1.88. The predicted octanol–water partition coefficient (Wildman–Crippen LogP) is 1.39. The number of carbonyl (C=O) groups is 1. The molecule has 3 rings (SSSR count). The fourth-order valence-corrected chi connectivity index (χ4v) is 3.20. The second-order valence-electron chi connectivity index (χ2n) is 4.89. The van der Waals surface area contributed by atoms with Gasteiger partial charge in [-0.2, -0.15) is 0 Å². The Bertz CT molecular complexity index is 1050. The van der Waals surface area contributed by atoms with Crippen LogP contribution < -0.4 is 9.46 Å². The first-order valence-electron chi connectivity index (χ1n) is 7.20. The Morgan fingerprint density at radius 2 is 2.16 bits per heavy atom. The van der Waals surface area contributed by atoms with Crippen molar-refractivity contribution in [3.05, 3.63) is 54.4 Å². The van der Waals surface area contributed by atoms with Crippen LogP contribution in [0.4, 0.5) is 4.39 Å². The number of sulfonamides is 1. The number of carbonyl (C=O) groups excluding carboxylic acids is 1. The van der Waals surface area contributed by atoms with Crippen LogP contribution in [0, 0.1) is 5.82 Å². The maximum atomic E-state index is 13.6. The van der Waals surface area contributed by atoms with Gasteiger partial charge in [0.05, 0.1) is 6.61 Å². The summed E-state index contributed by atoms with van der Waals surface area (Å²) in [5.41, 5.74) is -0.322. The van der Waals surface area contributed by atoms with Crippen LogP contribution in [0.1, 0.15) is 17.4 Å². The van der Waals surface area contributed by atoms with E-state index in [1.165, 1.54) is 47.3 Å². The molecule has 0 spiro atoms. The Balaban J connectivity index is 1.92. The average molecular weight is 364 g/mol. The number of hydrogen-bond acceptors (Lipinski definition) is 6. The molecule has 0 fully saturated rings. The highest BCUT2D eigenvalue weighted by Crippen LogP contribution is 2.20. The summed E-state index contributed by atoms with van der Waals surface area (Å²) in [6.07, 6.45) is 4.09. The molecule has 25 heavy (non-hydrogen) atoms. The molecule has 3 aromatic rings. The fraction of sp³-hybridized carbons (Fsp3) is 0.133. The maximum absolute atomic E-state index is 13.6. The Kier molecular flexibility index (Phi) is 4.36. The van der Waals surface area contributed by atoms with E-state index >= 15 is 0 Å². The topological polar surface area (TPSA) is 103 Å². The molecule has 0 saturated carbocycles. The highest BCUT2D eigenvalue weighted by Gasteiger charge is 2.25. The van der Waals surface area contributed by atoms with Gasteiger partial charge in [0.1, 0.15) is 10.6 Å². The number of rotatable bonds is 5. The van der Waals surface area contributed by atoms with E-state index in [0.717, 1.165) is 0 Å². The van der Waals surface area contributed by atoms with E-state index in [1.807, 2.05) is 4.72 Å². The zero-order valence-corrected chi connectivity index (χ0v) is 13.8. The van der Waals surface area contributed by atoms with E-state index in [-0.39, 0.29) is 28.7 Å². The van der Waals surface area contributed by atoms with Gasteiger partial charge in [-0.15, -0.1) is 0 Å². The van der Waals surface area contributed by atoms with Crippen molar-refractivity contribution in [2.24, 2.45) is 0 Å². The molecule has 0 bridgehead atoms. The smallest absolute Gasteiger partial charge is 0.285 e. The van der Waals surface area contributed by atoms with Crippen LogP contribution in [0.5, 0.6) is 5.88 Å². The van der Waals surface area contributed by atoms with Gasteiger partial charge in [0.25, 0.3) is 15.9 Å². The van der Waals surface area contributed by atoms with Crippen molar-refractivity contribution < 1.29 is 22.3 Å². The predicted molar refractivity (Wildman–Crippen MR) is 85.2 cm³/mol. The molecule has 10 heteroatoms. The lowest BCUT2D eigenvalue weighted by Crippen LogP contribution is -2.31. The van der Waals surface area contributed by atoms with Crippen LogP contribution in [-0.4, -0.2) is 35.3 Å². The first kappa shape index (κ1) is 16.8. The van der Waals surface area contributed by atoms with E-state index in [9.17, 15) is 17.6 Å². The number of fused-ring (bicyclic) bond motifs is 1. The van der Waals surface area contributed by atoms with Gasteiger partial charge in [0.15, 0.2) is 11.5 Å². The molecule has 130 valence electrons. The lowest BCUT2D eigenvalue weighted by atomic mass is 10.4. The fourth-order valence-electron chi connectivity index (χ4n) is 2.14. The minimum Gasteiger partial charge on any atom is -0.477 e. The van der Waals surface area contributed by atoms with Crippen molar-refractivity contribution in [1.29, 1.82) is 0 Å². The van der Waals surface area contributed by atoms with Gasteiger partial charge >= 0.3 is 0 Å². The summed E-state index contributed by atoms with van der Waals surface area (Å²) >= 11 is 0. The van der Waals surface area contributed by atoms with Crippen molar-refractivity contribution in [3.63, 3.8) is 0 Å². The third-order valence-corrected chi connectivity index (χ3v) is 4.55. The van der Waals surface area contributed by atoms with Crippen molar-refractivity contribution >= 4 is 21.6 Å². The molecule has 1 N–H and O–H groups in total. The molecule has 3 aromatic heterocycles. The molecule has 0 saturated heterocycles. The van der Waals surface area contributed by atoms with Crippen LogP contribution in [0.15, 0.2) is 47.8 Å². The molecule has 3 heterocycles. The Morgan fingerprint density at radius 3 is 2.88 bits per heavy atom. The van der Waals surface area contributed by atoms with Gasteiger partial charge in [0.2, 0.25) is 5.88 Å². The highest BCUT2D eigenvalue weighted by molar-refractivity contribution is 7.90. The summed E-state index contributed by atoms with van der Waals surface area (Å²) in [5.74, 6) is -1.74. The standard InChI is InChI=1S/C15H13FN4O4S/c1-2-24-15-12(6-3-7-17-15)25(22,23)19-14(21)11-9-20-8-4-5-10(16)13(20)18-11/h3-9H,2H2,1H3,(H,19,21). The summed E-state index contributed by atoms with van der Waals surface area (Å²) < 4.78 is 46.8. The number of aromatic nitrogens is 3. The van der Waals surface area contributed by atoms with E-state index in [2.05, 4.69) is 9.97 Å². The molecular weight excluding hydrogens is 351 g/mol. The minimum absolute atomic E-state index is 0.0820. The zero-order chi connectivity index (χ0) is 18.0. The Labute approximate surface area is 142 Å². The summed E-state index contributed by atoms with van der Waals surface area (Å²) in [7, 11) is -4.24. The van der Waals surface area contributed by atoms with Crippen molar-refractivity contribution in [2.45, 2.75) is 11.8 Å². The number of amides is 1. The SMILES string of the molecule is CCOc1ncccc1S(=O)(=O)NC(=O)c1cn2cccc(F)c2n1. The number of pyridine rings is 2. The third kappa shape index (κ3) is 3.29. The molecule has 0 radical (unpaired) electrons. The largest absolute Gasteiger partial charge is 0.477 e. The van der Waals surface area contributed by atoms with Crippen molar-refractivity contribution in [3.8, 4) is 5.88 Å². The first-order valence-corrected chi connectivity index (χ1v) is 8.69. The molecule has 0 aliphatic heterocycles. The molecule has 8 nitrogen and oxygen atoms in total. The van der Waals surface area contributed by atoms with Crippen molar-refractivity contribution in [2.75, 3.05) is 6.61 Å². The molecular formula is C15H13FN4O4S. The van der Waals surface area contributed by atoms with Crippen LogP contribution in [0.3, 0.4) is 0 Å². The minimum atomic E-state index is -4.24. The van der Waals surface area contributed by atoms with E-state index in [1.54, 1.807) is 6.92 Å². The quantitative estimate of drug-likeness (QED) is 0.734. The van der Waals surface area contributed by atoms with Crippen LogP contribution >= 0.6 is 0 Å². The van der Waals surface area contributed by atoms with Crippen LogP contribution in [0.2, 0.25) is 0 Å². The van der Waals surface area contributed by atoms with E-state index < -0.39 is 21.7 Å². The zero-order valence-electron chi connectivity index (χ0n) is 13.0. The maximum Gasteiger partial charge on any atom is 0.285 e. The van der Waals surface area contributed by atoms with Gasteiger partial charge in [-0.05, 0) is 31.2 Å². The summed E-state index contributed by atoms with van der Waals surface area (Å²) in [5, 5.41) is 0. The lowest BCUT2D eigenvalue weighted by molar-refractivity contribution is 0.0977. The van der Waals surface area contributed by atoms with Gasteiger partial charge in [-0.3, -0.25) is 4.79 Å². The summed E-state index contributed by atoms with van der Waals surface area (Å²) in [4.78, 5) is 19.6. The second-order valence-corrected chi connectivity index (χ2v) is 6.54. The molecule has 0 unspecified atom stereocenters. The number of nitrogens with zero attached hydrogens (tertiary/aromatic N) is 3. The monoisotopic (exact) mass is 364 g/mol. The number of halogens is 1. The Hall–Kier alpha value is -3.01. The Morgan fingerprint density at radius 1 is 1.36 bits per heavy atom. The summed E-state index contributed by atoms with van der Waals surface area (Å²) in [6, 6.07) is 5.29. The lowest BCUT2D eigenvalue weighted by Gasteiger charge is -2.09. The number of nitrogens with one attached hydrogen (secondary N) is 1. The normalized spacial score (nSPS) is 11.4. The highest BCUT2D eigenvalue weighted by atomic mass is 32.2. The number of hydrogen-bond donors (Lipinski definition) is 1. The van der Waals surface area contributed by atoms with Crippen molar-refractivity contribution in [1.82, 2.24) is 19.1 Å². The molecule has 0 aromatic carbocycles. The van der Waals surface area contributed by atoms with Gasteiger partial charge in [-0.25, -0.2) is 27.5 Å². The molecule has 0 aliphatic rings. The average Bonchev–Trinajstić information content (AvgIpc) is 3.01. The van der Waals surface area contributed by atoms with Gasteiger partial charge in [-0.1, -0.05) is 0 Å². The molecule has 0 atom stereocenters.